The van der Waals surface area contributed by atoms with Gasteiger partial charge in [0.1, 0.15) is 0 Å². The molecule has 4 aromatic carbocycles. The third-order valence-electron chi connectivity index (χ3n) is 6.27. The molecule has 3 aliphatic heterocycles. The van der Waals surface area contributed by atoms with Crippen LogP contribution >= 0.6 is 7.00 Å². The SMILES string of the molecule is N#C[P-]123(OC(c4ccccc4)=C(c4ccccc4)N1c1ccccc1O2)Oc1ccccc1O3. The van der Waals surface area contributed by atoms with Crippen molar-refractivity contribution in [2.24, 2.45) is 0 Å². The summed E-state index contributed by atoms with van der Waals surface area (Å²) in [5.74, 6) is 4.03. The van der Waals surface area contributed by atoms with Crippen molar-refractivity contribution >= 4 is 24.1 Å². The van der Waals surface area contributed by atoms with E-state index >= 15 is 0 Å². The number of hydrogen-bond donors (Lipinski definition) is 0. The number of hydrogen-bond acceptors (Lipinski definition) is 6. The van der Waals surface area contributed by atoms with E-state index in [2.05, 4.69) is 5.81 Å². The van der Waals surface area contributed by atoms with Gasteiger partial charge in [0.05, 0.1) is 0 Å². The van der Waals surface area contributed by atoms with Gasteiger partial charge in [-0.15, -0.1) is 0 Å². The van der Waals surface area contributed by atoms with Gasteiger partial charge in [0.25, 0.3) is 0 Å². The van der Waals surface area contributed by atoms with Gasteiger partial charge >= 0.3 is 196 Å². The maximum absolute atomic E-state index is 11.1. The number of anilines is 1. The second-order valence-electron chi connectivity index (χ2n) is 8.34. The van der Waals surface area contributed by atoms with Crippen LogP contribution in [0.2, 0.25) is 0 Å². The average molecular weight is 465 g/mol. The van der Waals surface area contributed by atoms with Crippen molar-refractivity contribution in [3.05, 3.63) is 120 Å². The van der Waals surface area contributed by atoms with Crippen LogP contribution in [-0.4, -0.2) is 0 Å². The van der Waals surface area contributed by atoms with Gasteiger partial charge in [-0.2, -0.15) is 0 Å². The molecule has 7 heteroatoms. The van der Waals surface area contributed by atoms with E-state index in [1.165, 1.54) is 0 Å². The summed E-state index contributed by atoms with van der Waals surface area (Å²) in [6.45, 7) is 0. The summed E-state index contributed by atoms with van der Waals surface area (Å²) >= 11 is 0. The second kappa shape index (κ2) is 5.91. The topological polar surface area (TPSA) is 64.0 Å². The Morgan fingerprint density at radius 3 is 1.68 bits per heavy atom. The Bertz CT molecular complexity index is 1540. The molecule has 6 nitrogen and oxygen atoms in total. The molecule has 3 heterocycles. The molecule has 34 heavy (non-hydrogen) atoms. The number of nitriles is 1. The summed E-state index contributed by atoms with van der Waals surface area (Å²) in [5, 5.41) is 11.1. The molecule has 0 fully saturated rings. The molecule has 0 saturated heterocycles. The number of benzene rings is 4. The molecular weight excluding hydrogens is 447 g/mol. The predicted molar refractivity (Wildman–Crippen MR) is 131 cm³/mol. The molecule has 1 spiro atoms. The van der Waals surface area contributed by atoms with Crippen molar-refractivity contribution in [1.29, 1.82) is 5.26 Å². The summed E-state index contributed by atoms with van der Waals surface area (Å²) in [5.41, 5.74) is 2.89. The molecule has 0 saturated carbocycles. The van der Waals surface area contributed by atoms with Gasteiger partial charge < -0.3 is 0 Å². The molecule has 4 aromatic rings. The third kappa shape index (κ3) is 2.08. The molecule has 0 aromatic heterocycles. The standard InChI is InChI=1S/C27H18N2O4P/c28-19-34(31-24-17-9-10-18-25(24)32-34)29(22-15-7-8-16-23(22)30-34)26(20-11-3-1-4-12-20)27(33-34)21-13-5-2-6-14-21/h1-18H/q-1. The Balaban J connectivity index is 1.62. The van der Waals surface area contributed by atoms with Crippen molar-refractivity contribution in [3.63, 3.8) is 0 Å². The van der Waals surface area contributed by atoms with E-state index in [1.54, 1.807) is 22.9 Å². The summed E-state index contributed by atoms with van der Waals surface area (Å²) in [6.07, 6.45) is 0. The van der Waals surface area contributed by atoms with Gasteiger partial charge in [-0.3, -0.25) is 0 Å². The fourth-order valence-corrected chi connectivity index (χ4v) is 9.27. The first kappa shape index (κ1) is 19.0. The first-order valence-electron chi connectivity index (χ1n) is 10.9. The van der Waals surface area contributed by atoms with E-state index in [1.807, 2.05) is 91.0 Å². The average Bonchev–Trinajstić information content (AvgIpc) is 3.44. The zero-order valence-corrected chi connectivity index (χ0v) is 18.8. The summed E-state index contributed by atoms with van der Waals surface area (Å²) in [4.78, 5) is 0. The van der Waals surface area contributed by atoms with Crippen LogP contribution in [0.5, 0.6) is 17.2 Å². The molecular formula is C27H18N2O4P-. The van der Waals surface area contributed by atoms with Crippen LogP contribution < -0.4 is 18.2 Å². The fraction of sp³-hybridized carbons (Fsp3) is 0. The molecule has 3 aliphatic rings. The maximum atomic E-state index is 11.1. The zero-order chi connectivity index (χ0) is 22.9. The van der Waals surface area contributed by atoms with E-state index in [9.17, 15) is 5.26 Å². The Kier molecular flexibility index (Phi) is 3.31. The second-order valence-corrected chi connectivity index (χ2v) is 12.1. The monoisotopic (exact) mass is 465 g/mol. The summed E-state index contributed by atoms with van der Waals surface area (Å²) in [7, 11) is -5.84. The van der Waals surface area contributed by atoms with Gasteiger partial charge in [-0.05, 0) is 0 Å². The Hall–Kier alpha value is -4.46. The van der Waals surface area contributed by atoms with Gasteiger partial charge in [0.15, 0.2) is 0 Å². The van der Waals surface area contributed by atoms with Gasteiger partial charge in [-0.1, -0.05) is 0 Å². The van der Waals surface area contributed by atoms with Gasteiger partial charge in [0.2, 0.25) is 0 Å². The number of fused-ring (bicyclic) bond motifs is 3. The number of para-hydroxylation sites is 4. The van der Waals surface area contributed by atoms with Crippen LogP contribution in [0.4, 0.5) is 5.69 Å². The van der Waals surface area contributed by atoms with Gasteiger partial charge in [0, 0.05) is 0 Å². The zero-order valence-electron chi connectivity index (χ0n) is 17.9. The van der Waals surface area contributed by atoms with Crippen LogP contribution in [0.25, 0.3) is 11.5 Å². The van der Waals surface area contributed by atoms with Crippen LogP contribution in [0, 0.1) is 11.1 Å². The predicted octanol–water partition coefficient (Wildman–Crippen LogP) is 7.06. The van der Waals surface area contributed by atoms with E-state index < -0.39 is 7.00 Å². The molecule has 0 amide bonds. The first-order chi connectivity index (χ1) is 16.6. The third-order valence-corrected chi connectivity index (χ3v) is 10.3. The molecule has 166 valence electrons. The molecule has 0 atom stereocenters. The Morgan fingerprint density at radius 2 is 1.06 bits per heavy atom. The van der Waals surface area contributed by atoms with Gasteiger partial charge in [-0.25, -0.2) is 0 Å². The molecule has 0 aliphatic carbocycles. The summed E-state index contributed by atoms with van der Waals surface area (Å²) in [6, 6.07) is 33.9. The van der Waals surface area contributed by atoms with Crippen molar-refractivity contribution < 1.29 is 18.1 Å². The summed E-state index contributed by atoms with van der Waals surface area (Å²) < 4.78 is 28.3. The van der Waals surface area contributed by atoms with Crippen molar-refractivity contribution in [3.8, 4) is 23.1 Å². The van der Waals surface area contributed by atoms with Crippen molar-refractivity contribution in [2.75, 3.05) is 4.67 Å². The molecule has 0 N–H and O–H groups in total. The van der Waals surface area contributed by atoms with E-state index in [0.717, 1.165) is 11.1 Å². The van der Waals surface area contributed by atoms with Crippen LogP contribution in [0.15, 0.2) is 109 Å². The minimum absolute atomic E-state index is 0.388. The Labute approximate surface area is 195 Å². The van der Waals surface area contributed by atoms with Crippen LogP contribution in [-0.2, 0) is 4.52 Å². The van der Waals surface area contributed by atoms with Crippen LogP contribution in [0.3, 0.4) is 0 Å². The fourth-order valence-electron chi connectivity index (χ4n) is 4.88. The first-order valence-corrected chi connectivity index (χ1v) is 13.2. The van der Waals surface area contributed by atoms with Crippen LogP contribution in [0.1, 0.15) is 11.1 Å². The van der Waals surface area contributed by atoms with Crippen molar-refractivity contribution in [2.45, 2.75) is 0 Å². The molecule has 0 radical (unpaired) electrons. The molecule has 7 rings (SSSR count). The van der Waals surface area contributed by atoms with E-state index in [4.69, 9.17) is 18.1 Å². The number of nitrogens with zero attached hydrogens (tertiary/aromatic N) is 2. The molecule has 0 bridgehead atoms. The van der Waals surface area contributed by atoms with Crippen molar-refractivity contribution in [1.82, 2.24) is 0 Å². The minimum atomic E-state index is -5.84. The normalized spacial score (nSPS) is 21.1. The number of rotatable bonds is 2. The Morgan fingerprint density at radius 1 is 0.559 bits per heavy atom. The van der Waals surface area contributed by atoms with E-state index in [0.29, 0.717) is 34.4 Å². The van der Waals surface area contributed by atoms with E-state index in [-0.39, 0.29) is 0 Å². The molecule has 0 unspecified atom stereocenters. The quantitative estimate of drug-likeness (QED) is 0.295.